The van der Waals surface area contributed by atoms with Crippen molar-refractivity contribution in [2.45, 2.75) is 53.0 Å². The summed E-state index contributed by atoms with van der Waals surface area (Å²) in [6, 6.07) is 1.86. The molecule has 2 N–H and O–H groups in total. The van der Waals surface area contributed by atoms with Gasteiger partial charge in [-0.05, 0) is 37.8 Å². The van der Waals surface area contributed by atoms with Crippen molar-refractivity contribution in [3.05, 3.63) is 34.0 Å². The monoisotopic (exact) mass is 374 g/mol. The largest absolute Gasteiger partial charge is 0.344 e. The Labute approximate surface area is 158 Å². The Kier molecular flexibility index (Phi) is 4.92. The van der Waals surface area contributed by atoms with Gasteiger partial charge in [0.25, 0.3) is 5.91 Å². The zero-order chi connectivity index (χ0) is 19.1. The minimum absolute atomic E-state index is 0.00549. The molecule has 0 spiro atoms. The molecule has 2 heterocycles. The number of amides is 2. The normalized spacial score (nSPS) is 16.9. The molecule has 0 aromatic carbocycles. The molecule has 0 aliphatic heterocycles. The lowest BCUT2D eigenvalue weighted by atomic mass is 9.93. The van der Waals surface area contributed by atoms with Gasteiger partial charge in [0.2, 0.25) is 5.91 Å². The summed E-state index contributed by atoms with van der Waals surface area (Å²) in [5.74, 6) is -0.150. The van der Waals surface area contributed by atoms with Gasteiger partial charge < -0.3 is 10.6 Å². The lowest BCUT2D eigenvalue weighted by Crippen LogP contribution is -2.30. The second-order valence-electron chi connectivity index (χ2n) is 7.92. The fourth-order valence-electron chi connectivity index (χ4n) is 3.15. The highest BCUT2D eigenvalue weighted by Crippen LogP contribution is 2.32. The van der Waals surface area contributed by atoms with E-state index in [1.165, 1.54) is 17.0 Å². The Balaban J connectivity index is 1.74. The SMILES string of the molecule is Cc1cc(NC(=O)C(C)(C)C)sc1C(=O)NC1CCCc2c1cnn2C. The van der Waals surface area contributed by atoms with Crippen molar-refractivity contribution >= 4 is 28.2 Å². The van der Waals surface area contributed by atoms with Gasteiger partial charge >= 0.3 is 0 Å². The maximum absolute atomic E-state index is 12.8. The van der Waals surface area contributed by atoms with Gasteiger partial charge in [-0.2, -0.15) is 5.10 Å². The van der Waals surface area contributed by atoms with Crippen LogP contribution < -0.4 is 10.6 Å². The Bertz CT molecular complexity index is 844. The van der Waals surface area contributed by atoms with Crippen molar-refractivity contribution in [3.63, 3.8) is 0 Å². The van der Waals surface area contributed by atoms with Gasteiger partial charge in [0.15, 0.2) is 0 Å². The van der Waals surface area contributed by atoms with E-state index >= 15 is 0 Å². The van der Waals surface area contributed by atoms with E-state index in [2.05, 4.69) is 15.7 Å². The van der Waals surface area contributed by atoms with Gasteiger partial charge in [0.1, 0.15) is 0 Å². The number of nitrogens with zero attached hydrogens (tertiary/aromatic N) is 2. The number of hydrogen-bond acceptors (Lipinski definition) is 4. The van der Waals surface area contributed by atoms with Gasteiger partial charge in [0, 0.05) is 23.7 Å². The van der Waals surface area contributed by atoms with Gasteiger partial charge in [0.05, 0.1) is 22.1 Å². The second-order valence-corrected chi connectivity index (χ2v) is 8.97. The molecule has 0 saturated carbocycles. The van der Waals surface area contributed by atoms with E-state index in [0.717, 1.165) is 30.4 Å². The molecule has 2 aromatic rings. The summed E-state index contributed by atoms with van der Waals surface area (Å²) in [6.07, 6.45) is 4.81. The van der Waals surface area contributed by atoms with E-state index in [0.29, 0.717) is 9.88 Å². The van der Waals surface area contributed by atoms with E-state index in [-0.39, 0.29) is 17.9 Å². The molecule has 1 aliphatic carbocycles. The second kappa shape index (κ2) is 6.87. The van der Waals surface area contributed by atoms with Crippen molar-refractivity contribution < 1.29 is 9.59 Å². The van der Waals surface area contributed by atoms with E-state index in [4.69, 9.17) is 0 Å². The molecule has 2 amide bonds. The summed E-state index contributed by atoms with van der Waals surface area (Å²) < 4.78 is 1.89. The van der Waals surface area contributed by atoms with Gasteiger partial charge in [-0.15, -0.1) is 11.3 Å². The quantitative estimate of drug-likeness (QED) is 0.862. The molecule has 0 fully saturated rings. The predicted octanol–water partition coefficient (Wildman–Crippen LogP) is 3.58. The summed E-state index contributed by atoms with van der Waals surface area (Å²) in [6.45, 7) is 7.50. The van der Waals surface area contributed by atoms with Crippen LogP contribution in [0.4, 0.5) is 5.00 Å². The first-order valence-corrected chi connectivity index (χ1v) is 9.72. The molecule has 2 aromatic heterocycles. The van der Waals surface area contributed by atoms with Crippen LogP contribution >= 0.6 is 11.3 Å². The predicted molar refractivity (Wildman–Crippen MR) is 103 cm³/mol. The topological polar surface area (TPSA) is 76.0 Å². The molecule has 6 nitrogen and oxygen atoms in total. The Hall–Kier alpha value is -2.15. The molecule has 0 radical (unpaired) electrons. The van der Waals surface area contributed by atoms with Crippen molar-refractivity contribution in [2.24, 2.45) is 12.5 Å². The van der Waals surface area contributed by atoms with Gasteiger partial charge in [-0.1, -0.05) is 20.8 Å². The molecular weight excluding hydrogens is 348 g/mol. The number of fused-ring (bicyclic) bond motifs is 1. The summed E-state index contributed by atoms with van der Waals surface area (Å²) in [4.78, 5) is 25.6. The molecule has 1 atom stereocenters. The van der Waals surface area contributed by atoms with Crippen molar-refractivity contribution in [1.82, 2.24) is 15.1 Å². The van der Waals surface area contributed by atoms with Crippen LogP contribution in [-0.4, -0.2) is 21.6 Å². The fraction of sp³-hybridized carbons (Fsp3) is 0.526. The third-order valence-electron chi connectivity index (χ3n) is 4.72. The van der Waals surface area contributed by atoms with E-state index in [9.17, 15) is 9.59 Å². The molecule has 140 valence electrons. The summed E-state index contributed by atoms with van der Waals surface area (Å²) in [5.41, 5.74) is 2.71. The van der Waals surface area contributed by atoms with Crippen LogP contribution in [0.5, 0.6) is 0 Å². The minimum Gasteiger partial charge on any atom is -0.344 e. The molecule has 1 aliphatic rings. The maximum atomic E-state index is 12.8. The fourth-order valence-corrected chi connectivity index (χ4v) is 4.12. The van der Waals surface area contributed by atoms with Crippen LogP contribution in [0.1, 0.15) is 66.1 Å². The first-order chi connectivity index (χ1) is 12.2. The zero-order valence-electron chi connectivity index (χ0n) is 16.0. The molecule has 0 saturated heterocycles. The molecule has 7 heteroatoms. The summed E-state index contributed by atoms with van der Waals surface area (Å²) in [5, 5.41) is 11.1. The first-order valence-electron chi connectivity index (χ1n) is 8.90. The van der Waals surface area contributed by atoms with Gasteiger partial charge in [-0.25, -0.2) is 0 Å². The lowest BCUT2D eigenvalue weighted by molar-refractivity contribution is -0.123. The van der Waals surface area contributed by atoms with Crippen molar-refractivity contribution in [2.75, 3.05) is 5.32 Å². The molecule has 3 rings (SSSR count). The number of rotatable bonds is 3. The number of anilines is 1. The number of hydrogen-bond donors (Lipinski definition) is 2. The summed E-state index contributed by atoms with van der Waals surface area (Å²) >= 11 is 1.32. The van der Waals surface area contributed by atoms with E-state index in [1.54, 1.807) is 0 Å². The van der Waals surface area contributed by atoms with Gasteiger partial charge in [-0.3, -0.25) is 14.3 Å². The van der Waals surface area contributed by atoms with Crippen LogP contribution in [-0.2, 0) is 18.3 Å². The summed E-state index contributed by atoms with van der Waals surface area (Å²) in [7, 11) is 1.94. The lowest BCUT2D eigenvalue weighted by Gasteiger charge is -2.23. The van der Waals surface area contributed by atoms with Crippen LogP contribution in [0.2, 0.25) is 0 Å². The number of carbonyl (C=O) groups excluding carboxylic acids is 2. The highest BCUT2D eigenvalue weighted by molar-refractivity contribution is 7.18. The molecule has 1 unspecified atom stereocenters. The molecule has 0 bridgehead atoms. The van der Waals surface area contributed by atoms with Crippen LogP contribution in [0.25, 0.3) is 0 Å². The maximum Gasteiger partial charge on any atom is 0.262 e. The van der Waals surface area contributed by atoms with E-state index in [1.807, 2.05) is 51.7 Å². The number of aryl methyl sites for hydroxylation is 2. The van der Waals surface area contributed by atoms with Crippen LogP contribution in [0, 0.1) is 12.3 Å². The third-order valence-corrected chi connectivity index (χ3v) is 5.87. The van der Waals surface area contributed by atoms with Crippen molar-refractivity contribution in [3.8, 4) is 0 Å². The standard InChI is InChI=1S/C19H26N4O2S/c1-11-9-15(22-18(25)19(2,3)4)26-16(11)17(24)21-13-7-6-8-14-12(13)10-20-23(14)5/h9-10,13H,6-8H2,1-5H3,(H,21,24)(H,22,25). The average molecular weight is 375 g/mol. The number of carbonyl (C=O) groups is 2. The molecular formula is C19H26N4O2S. The Morgan fingerprint density at radius 3 is 2.77 bits per heavy atom. The van der Waals surface area contributed by atoms with Crippen LogP contribution in [0.15, 0.2) is 12.3 Å². The third kappa shape index (κ3) is 3.67. The zero-order valence-corrected chi connectivity index (χ0v) is 16.8. The Morgan fingerprint density at radius 2 is 2.08 bits per heavy atom. The first kappa shape index (κ1) is 18.6. The number of thiophene rings is 1. The highest BCUT2D eigenvalue weighted by atomic mass is 32.1. The number of aromatic nitrogens is 2. The number of nitrogens with one attached hydrogen (secondary N) is 2. The molecule has 26 heavy (non-hydrogen) atoms. The average Bonchev–Trinajstić information content (AvgIpc) is 3.10. The van der Waals surface area contributed by atoms with Crippen LogP contribution in [0.3, 0.4) is 0 Å². The smallest absolute Gasteiger partial charge is 0.262 e. The van der Waals surface area contributed by atoms with Crippen molar-refractivity contribution in [1.29, 1.82) is 0 Å². The minimum atomic E-state index is -0.473. The Morgan fingerprint density at radius 1 is 1.35 bits per heavy atom. The van der Waals surface area contributed by atoms with E-state index < -0.39 is 5.41 Å². The highest BCUT2D eigenvalue weighted by Gasteiger charge is 2.27.